The Bertz CT molecular complexity index is 455. The molecule has 0 saturated heterocycles. The third-order valence-corrected chi connectivity index (χ3v) is 3.80. The number of nitrogens with one attached hydrogen (secondary N) is 1. The molecule has 104 valence electrons. The summed E-state index contributed by atoms with van der Waals surface area (Å²) in [6.45, 7) is 4.34. The van der Waals surface area contributed by atoms with E-state index in [4.69, 9.17) is 10.5 Å². The van der Waals surface area contributed by atoms with Crippen molar-refractivity contribution in [1.82, 2.24) is 0 Å². The molecule has 2 rings (SSSR count). The van der Waals surface area contributed by atoms with E-state index in [1.54, 1.807) is 19.1 Å². The molecular formula is C15H22N2O2. The van der Waals surface area contributed by atoms with Gasteiger partial charge < -0.3 is 15.8 Å². The molecular weight excluding hydrogens is 240 g/mol. The summed E-state index contributed by atoms with van der Waals surface area (Å²) in [7, 11) is 0. The normalized spacial score (nSPS) is 16.5. The molecule has 0 aromatic heterocycles. The van der Waals surface area contributed by atoms with E-state index >= 15 is 0 Å². The Labute approximate surface area is 114 Å². The third kappa shape index (κ3) is 3.19. The number of nitrogen functional groups attached to an aromatic ring is 1. The van der Waals surface area contributed by atoms with Crippen molar-refractivity contribution in [2.45, 2.75) is 39.2 Å². The molecule has 0 radical (unpaired) electrons. The molecule has 1 aromatic carbocycles. The number of benzene rings is 1. The van der Waals surface area contributed by atoms with Gasteiger partial charge in [-0.05, 0) is 50.8 Å². The average Bonchev–Trinajstić information content (AvgIpc) is 2.29. The van der Waals surface area contributed by atoms with Gasteiger partial charge in [0.15, 0.2) is 0 Å². The van der Waals surface area contributed by atoms with Gasteiger partial charge in [-0.3, -0.25) is 0 Å². The summed E-state index contributed by atoms with van der Waals surface area (Å²) in [5.74, 6) is 0.414. The fourth-order valence-electron chi connectivity index (χ4n) is 2.34. The Balaban J connectivity index is 2.04. The van der Waals surface area contributed by atoms with E-state index in [9.17, 15) is 4.79 Å². The molecule has 4 nitrogen and oxygen atoms in total. The lowest BCUT2D eigenvalue weighted by molar-refractivity contribution is 0.0526. The monoisotopic (exact) mass is 262 g/mol. The second-order valence-electron chi connectivity index (χ2n) is 5.15. The molecule has 1 fully saturated rings. The summed E-state index contributed by atoms with van der Waals surface area (Å²) < 4.78 is 4.95. The summed E-state index contributed by atoms with van der Waals surface area (Å²) in [5.41, 5.74) is 7.98. The number of carbonyl (C=O) groups is 1. The Hall–Kier alpha value is -1.71. The Kier molecular flexibility index (Phi) is 4.30. The average molecular weight is 262 g/mol. The van der Waals surface area contributed by atoms with Crippen molar-refractivity contribution in [1.29, 1.82) is 0 Å². The third-order valence-electron chi connectivity index (χ3n) is 3.80. The Morgan fingerprint density at radius 3 is 2.79 bits per heavy atom. The number of hydrogen-bond donors (Lipinski definition) is 2. The highest BCUT2D eigenvalue weighted by molar-refractivity contribution is 5.91. The van der Waals surface area contributed by atoms with Crippen LogP contribution in [0.4, 0.5) is 11.4 Å². The van der Waals surface area contributed by atoms with E-state index in [2.05, 4.69) is 12.2 Å². The minimum Gasteiger partial charge on any atom is -0.462 e. The largest absolute Gasteiger partial charge is 0.462 e. The molecule has 0 amide bonds. The molecule has 0 bridgehead atoms. The van der Waals surface area contributed by atoms with Crippen LogP contribution in [0, 0.1) is 5.92 Å². The number of nitrogens with two attached hydrogens (primary N) is 1. The molecule has 4 heteroatoms. The fraction of sp³-hybridized carbons (Fsp3) is 0.533. The molecule has 1 atom stereocenters. The van der Waals surface area contributed by atoms with E-state index in [1.807, 2.05) is 6.07 Å². The van der Waals surface area contributed by atoms with E-state index in [0.717, 1.165) is 11.6 Å². The van der Waals surface area contributed by atoms with Crippen LogP contribution in [0.2, 0.25) is 0 Å². The number of hydrogen-bond acceptors (Lipinski definition) is 4. The van der Waals surface area contributed by atoms with Crippen LogP contribution >= 0.6 is 0 Å². The van der Waals surface area contributed by atoms with E-state index < -0.39 is 0 Å². The van der Waals surface area contributed by atoms with Crippen LogP contribution in [0.3, 0.4) is 0 Å². The van der Waals surface area contributed by atoms with Gasteiger partial charge in [-0.2, -0.15) is 0 Å². The van der Waals surface area contributed by atoms with E-state index in [-0.39, 0.29) is 5.97 Å². The lowest BCUT2D eigenvalue weighted by Gasteiger charge is -2.32. The first-order valence-electron chi connectivity index (χ1n) is 6.95. The summed E-state index contributed by atoms with van der Waals surface area (Å²) in [6, 6.07) is 5.71. The second-order valence-corrected chi connectivity index (χ2v) is 5.15. The van der Waals surface area contributed by atoms with Gasteiger partial charge in [0.25, 0.3) is 0 Å². The van der Waals surface area contributed by atoms with E-state index in [1.165, 1.54) is 19.3 Å². The van der Waals surface area contributed by atoms with Crippen molar-refractivity contribution in [3.05, 3.63) is 23.8 Å². The topological polar surface area (TPSA) is 64.3 Å². The minimum absolute atomic E-state index is 0.326. The lowest BCUT2D eigenvalue weighted by Crippen LogP contribution is -2.31. The number of ether oxygens (including phenoxy) is 1. The molecule has 0 heterocycles. The van der Waals surface area contributed by atoms with Crippen molar-refractivity contribution in [3.8, 4) is 0 Å². The summed E-state index contributed by atoms with van der Waals surface area (Å²) >= 11 is 0. The predicted octanol–water partition coefficient (Wildman–Crippen LogP) is 3.05. The SMILES string of the molecule is CCOC(=O)c1ccc(NC(C)C2CCC2)c(N)c1. The highest BCUT2D eigenvalue weighted by atomic mass is 16.5. The molecule has 1 aliphatic carbocycles. The predicted molar refractivity (Wildman–Crippen MR) is 77.2 cm³/mol. The smallest absolute Gasteiger partial charge is 0.338 e. The number of anilines is 2. The first-order valence-corrected chi connectivity index (χ1v) is 6.95. The molecule has 3 N–H and O–H groups in total. The van der Waals surface area contributed by atoms with Crippen molar-refractivity contribution < 1.29 is 9.53 Å². The highest BCUT2D eigenvalue weighted by Crippen LogP contribution is 2.32. The molecule has 0 aliphatic heterocycles. The van der Waals surface area contributed by atoms with Crippen molar-refractivity contribution in [3.63, 3.8) is 0 Å². The van der Waals surface area contributed by atoms with Crippen LogP contribution in [0.1, 0.15) is 43.5 Å². The van der Waals surface area contributed by atoms with Crippen LogP contribution in [0.15, 0.2) is 18.2 Å². The van der Waals surface area contributed by atoms with Crippen LogP contribution in [-0.4, -0.2) is 18.6 Å². The summed E-state index contributed by atoms with van der Waals surface area (Å²) in [6.07, 6.45) is 3.90. The standard InChI is InChI=1S/C15H22N2O2/c1-3-19-15(18)12-7-8-14(13(16)9-12)17-10(2)11-5-4-6-11/h7-11,17H,3-6,16H2,1-2H3. The first-order chi connectivity index (χ1) is 9.11. The molecule has 1 saturated carbocycles. The maximum atomic E-state index is 11.6. The second kappa shape index (κ2) is 5.95. The Morgan fingerprint density at radius 2 is 2.26 bits per heavy atom. The van der Waals surface area contributed by atoms with Crippen molar-refractivity contribution in [2.75, 3.05) is 17.7 Å². The Morgan fingerprint density at radius 1 is 1.53 bits per heavy atom. The van der Waals surface area contributed by atoms with Crippen LogP contribution in [0.5, 0.6) is 0 Å². The zero-order chi connectivity index (χ0) is 13.8. The van der Waals surface area contributed by atoms with Crippen molar-refractivity contribution >= 4 is 17.3 Å². The maximum absolute atomic E-state index is 11.6. The van der Waals surface area contributed by atoms with Crippen molar-refractivity contribution in [2.24, 2.45) is 5.92 Å². The number of carbonyl (C=O) groups excluding carboxylic acids is 1. The highest BCUT2D eigenvalue weighted by Gasteiger charge is 2.24. The zero-order valence-electron chi connectivity index (χ0n) is 11.6. The lowest BCUT2D eigenvalue weighted by atomic mass is 9.80. The van der Waals surface area contributed by atoms with Crippen LogP contribution in [0.25, 0.3) is 0 Å². The van der Waals surface area contributed by atoms with Crippen LogP contribution < -0.4 is 11.1 Å². The maximum Gasteiger partial charge on any atom is 0.338 e. The molecule has 19 heavy (non-hydrogen) atoms. The molecule has 1 aliphatic rings. The first kappa shape index (κ1) is 13.7. The summed E-state index contributed by atoms with van der Waals surface area (Å²) in [4.78, 5) is 11.6. The van der Waals surface area contributed by atoms with Gasteiger partial charge >= 0.3 is 5.97 Å². The van der Waals surface area contributed by atoms with Gasteiger partial charge in [0.05, 0.1) is 23.5 Å². The molecule has 1 aromatic rings. The number of esters is 1. The van der Waals surface area contributed by atoms with E-state index in [0.29, 0.717) is 23.9 Å². The zero-order valence-corrected chi connectivity index (χ0v) is 11.6. The quantitative estimate of drug-likeness (QED) is 0.632. The summed E-state index contributed by atoms with van der Waals surface area (Å²) in [5, 5.41) is 3.43. The van der Waals surface area contributed by atoms with Gasteiger partial charge in [-0.1, -0.05) is 6.42 Å². The molecule has 1 unspecified atom stereocenters. The van der Waals surface area contributed by atoms with Gasteiger partial charge in [0.1, 0.15) is 0 Å². The van der Waals surface area contributed by atoms with Gasteiger partial charge in [0, 0.05) is 6.04 Å². The molecule has 0 spiro atoms. The van der Waals surface area contributed by atoms with Gasteiger partial charge in [-0.25, -0.2) is 4.79 Å². The minimum atomic E-state index is -0.326. The fourth-order valence-corrected chi connectivity index (χ4v) is 2.34. The van der Waals surface area contributed by atoms with Gasteiger partial charge in [0.2, 0.25) is 0 Å². The van der Waals surface area contributed by atoms with Crippen LogP contribution in [-0.2, 0) is 4.74 Å². The van der Waals surface area contributed by atoms with Gasteiger partial charge in [-0.15, -0.1) is 0 Å². The number of rotatable bonds is 5.